The van der Waals surface area contributed by atoms with E-state index in [1.54, 1.807) is 0 Å². The normalized spacial score (nSPS) is 24.8. The molecule has 0 saturated heterocycles. The lowest BCUT2D eigenvalue weighted by Gasteiger charge is -2.37. The molecule has 0 spiro atoms. The number of hydrogen-bond donors (Lipinski definition) is 1. The third-order valence-electron chi connectivity index (χ3n) is 1.82. The molecule has 0 aromatic rings. The van der Waals surface area contributed by atoms with Crippen molar-refractivity contribution in [2.75, 3.05) is 6.79 Å². The van der Waals surface area contributed by atoms with E-state index in [9.17, 15) is 0 Å². The summed E-state index contributed by atoms with van der Waals surface area (Å²) in [5.74, 6) is 0. The summed E-state index contributed by atoms with van der Waals surface area (Å²) in [6, 6.07) is 0. The second-order valence-electron chi connectivity index (χ2n) is 2.58. The summed E-state index contributed by atoms with van der Waals surface area (Å²) in [5.41, 5.74) is 0.0226. The van der Waals surface area contributed by atoms with E-state index in [2.05, 4.69) is 0 Å². The number of rotatable bonds is 2. The van der Waals surface area contributed by atoms with Crippen LogP contribution >= 0.6 is 0 Å². The zero-order valence-corrected chi connectivity index (χ0v) is 5.18. The molecule has 0 aliphatic heterocycles. The lowest BCUT2D eigenvalue weighted by atomic mass is 9.82. The summed E-state index contributed by atoms with van der Waals surface area (Å²) >= 11 is 0. The SMILES string of the molecule is CC1(OCO)CCC1. The third kappa shape index (κ3) is 1.01. The van der Waals surface area contributed by atoms with E-state index in [1.807, 2.05) is 6.92 Å². The summed E-state index contributed by atoms with van der Waals surface area (Å²) < 4.78 is 5.02. The van der Waals surface area contributed by atoms with E-state index < -0.39 is 0 Å². The molecule has 48 valence electrons. The minimum atomic E-state index is -0.128. The van der Waals surface area contributed by atoms with Crippen LogP contribution in [0.3, 0.4) is 0 Å². The Hall–Kier alpha value is -0.0800. The van der Waals surface area contributed by atoms with Gasteiger partial charge in [-0.2, -0.15) is 0 Å². The van der Waals surface area contributed by atoms with Gasteiger partial charge in [-0.3, -0.25) is 0 Å². The molecule has 1 aliphatic rings. The highest BCUT2D eigenvalue weighted by Crippen LogP contribution is 2.34. The Morgan fingerprint density at radius 1 is 1.62 bits per heavy atom. The molecular weight excluding hydrogens is 104 g/mol. The number of aliphatic hydroxyl groups excluding tert-OH is 1. The quantitative estimate of drug-likeness (QED) is 0.543. The standard InChI is InChI=1S/C6H12O2/c1-6(8-5-7)3-2-4-6/h7H,2-5H2,1H3. The molecule has 1 aliphatic carbocycles. The average molecular weight is 116 g/mol. The summed E-state index contributed by atoms with van der Waals surface area (Å²) in [7, 11) is 0. The number of ether oxygens (including phenoxy) is 1. The lowest BCUT2D eigenvalue weighted by molar-refractivity contribution is -0.143. The van der Waals surface area contributed by atoms with Crippen molar-refractivity contribution in [1.29, 1.82) is 0 Å². The predicted molar refractivity (Wildman–Crippen MR) is 30.4 cm³/mol. The van der Waals surface area contributed by atoms with Crippen molar-refractivity contribution >= 4 is 0 Å². The molecule has 2 nitrogen and oxygen atoms in total. The Bertz CT molecular complexity index is 76.6. The smallest absolute Gasteiger partial charge is 0.144 e. The average Bonchev–Trinajstić information content (AvgIpc) is 1.64. The fraction of sp³-hybridized carbons (Fsp3) is 1.00. The number of hydrogen-bond acceptors (Lipinski definition) is 2. The largest absolute Gasteiger partial charge is 0.371 e. The molecule has 0 radical (unpaired) electrons. The zero-order valence-electron chi connectivity index (χ0n) is 5.18. The van der Waals surface area contributed by atoms with E-state index in [0.717, 1.165) is 12.8 Å². The van der Waals surface area contributed by atoms with Gasteiger partial charge in [-0.1, -0.05) is 0 Å². The van der Waals surface area contributed by atoms with Crippen molar-refractivity contribution < 1.29 is 9.84 Å². The molecule has 1 saturated carbocycles. The molecule has 0 aromatic carbocycles. The maximum atomic E-state index is 8.34. The molecule has 1 fully saturated rings. The highest BCUT2D eigenvalue weighted by atomic mass is 16.6. The van der Waals surface area contributed by atoms with Gasteiger partial charge in [-0.25, -0.2) is 0 Å². The van der Waals surface area contributed by atoms with Crippen LogP contribution in [0.15, 0.2) is 0 Å². The van der Waals surface area contributed by atoms with Crippen LogP contribution in [0.5, 0.6) is 0 Å². The fourth-order valence-electron chi connectivity index (χ4n) is 0.975. The summed E-state index contributed by atoms with van der Waals surface area (Å²) in [6.07, 6.45) is 3.46. The van der Waals surface area contributed by atoms with Crippen LogP contribution in [0.2, 0.25) is 0 Å². The van der Waals surface area contributed by atoms with Crippen molar-refractivity contribution in [3.63, 3.8) is 0 Å². The molecule has 2 heteroatoms. The van der Waals surface area contributed by atoms with Crippen molar-refractivity contribution in [3.05, 3.63) is 0 Å². The van der Waals surface area contributed by atoms with Crippen LogP contribution in [0.1, 0.15) is 26.2 Å². The summed E-state index contributed by atoms with van der Waals surface area (Å²) in [6.45, 7) is 1.91. The van der Waals surface area contributed by atoms with Gasteiger partial charge in [0.05, 0.1) is 5.60 Å². The zero-order chi connectivity index (χ0) is 6.04. The molecule has 0 amide bonds. The maximum Gasteiger partial charge on any atom is 0.144 e. The topological polar surface area (TPSA) is 29.5 Å². The molecule has 0 unspecified atom stereocenters. The highest BCUT2D eigenvalue weighted by molar-refractivity contribution is 4.84. The Kier molecular flexibility index (Phi) is 1.54. The molecule has 1 rings (SSSR count). The first kappa shape index (κ1) is 6.05. The molecule has 0 aromatic heterocycles. The van der Waals surface area contributed by atoms with Gasteiger partial charge in [0.1, 0.15) is 6.79 Å². The first-order valence-electron chi connectivity index (χ1n) is 3.02. The molecule has 0 bridgehead atoms. The van der Waals surface area contributed by atoms with Crippen molar-refractivity contribution in [2.24, 2.45) is 0 Å². The second-order valence-corrected chi connectivity index (χ2v) is 2.58. The van der Waals surface area contributed by atoms with Gasteiger partial charge in [0.2, 0.25) is 0 Å². The third-order valence-corrected chi connectivity index (χ3v) is 1.82. The van der Waals surface area contributed by atoms with Gasteiger partial charge in [0.15, 0.2) is 0 Å². The van der Waals surface area contributed by atoms with Crippen LogP contribution in [-0.2, 0) is 4.74 Å². The van der Waals surface area contributed by atoms with Crippen molar-refractivity contribution in [3.8, 4) is 0 Å². The molecular formula is C6H12O2. The van der Waals surface area contributed by atoms with Gasteiger partial charge in [-0.15, -0.1) is 0 Å². The molecule has 0 heterocycles. The van der Waals surface area contributed by atoms with E-state index >= 15 is 0 Å². The van der Waals surface area contributed by atoms with Crippen LogP contribution in [0.4, 0.5) is 0 Å². The maximum absolute atomic E-state index is 8.34. The molecule has 8 heavy (non-hydrogen) atoms. The Labute approximate surface area is 49.5 Å². The Morgan fingerprint density at radius 3 is 2.38 bits per heavy atom. The van der Waals surface area contributed by atoms with Gasteiger partial charge in [0, 0.05) is 0 Å². The highest BCUT2D eigenvalue weighted by Gasteiger charge is 2.32. The van der Waals surface area contributed by atoms with Crippen LogP contribution < -0.4 is 0 Å². The van der Waals surface area contributed by atoms with Gasteiger partial charge < -0.3 is 9.84 Å². The van der Waals surface area contributed by atoms with E-state index in [0.29, 0.717) is 0 Å². The molecule has 1 N–H and O–H groups in total. The van der Waals surface area contributed by atoms with Crippen molar-refractivity contribution in [1.82, 2.24) is 0 Å². The first-order valence-corrected chi connectivity index (χ1v) is 3.02. The van der Waals surface area contributed by atoms with Crippen LogP contribution in [-0.4, -0.2) is 17.5 Å². The van der Waals surface area contributed by atoms with Gasteiger partial charge >= 0.3 is 0 Å². The predicted octanol–water partition coefficient (Wildman–Crippen LogP) is 0.895. The van der Waals surface area contributed by atoms with E-state index in [1.165, 1.54) is 6.42 Å². The fourth-order valence-corrected chi connectivity index (χ4v) is 0.975. The number of aliphatic hydroxyl groups is 1. The summed E-state index contributed by atoms with van der Waals surface area (Å²) in [5, 5.41) is 8.34. The monoisotopic (exact) mass is 116 g/mol. The summed E-state index contributed by atoms with van der Waals surface area (Å²) in [4.78, 5) is 0. The van der Waals surface area contributed by atoms with Crippen molar-refractivity contribution in [2.45, 2.75) is 31.8 Å². The minimum Gasteiger partial charge on any atom is -0.371 e. The lowest BCUT2D eigenvalue weighted by Crippen LogP contribution is -2.36. The second kappa shape index (κ2) is 2.03. The Balaban J connectivity index is 2.20. The van der Waals surface area contributed by atoms with Gasteiger partial charge in [0.25, 0.3) is 0 Å². The van der Waals surface area contributed by atoms with E-state index in [4.69, 9.17) is 9.84 Å². The molecule has 0 atom stereocenters. The first-order chi connectivity index (χ1) is 3.77. The van der Waals surface area contributed by atoms with E-state index in [-0.39, 0.29) is 12.4 Å². The van der Waals surface area contributed by atoms with Gasteiger partial charge in [-0.05, 0) is 26.2 Å². The van der Waals surface area contributed by atoms with Crippen LogP contribution in [0, 0.1) is 0 Å². The Morgan fingerprint density at radius 2 is 2.25 bits per heavy atom. The van der Waals surface area contributed by atoms with Crippen LogP contribution in [0.25, 0.3) is 0 Å². The minimum absolute atomic E-state index is 0.0226.